The van der Waals surface area contributed by atoms with Crippen LogP contribution in [0.15, 0.2) is 12.3 Å². The maximum Gasteiger partial charge on any atom is 0.225 e. The summed E-state index contributed by atoms with van der Waals surface area (Å²) in [5.74, 6) is 0.527. The lowest BCUT2D eigenvalue weighted by atomic mass is 9.94. The van der Waals surface area contributed by atoms with E-state index in [-0.39, 0.29) is 18.1 Å². The number of allylic oxidation sites excluding steroid dienone is 1. The monoisotopic (exact) mass is 322 g/mol. The Bertz CT molecular complexity index is 422. The van der Waals surface area contributed by atoms with Gasteiger partial charge in [-0.15, -0.1) is 0 Å². The molecule has 0 aromatic rings. The molecule has 3 rings (SSSR count). The van der Waals surface area contributed by atoms with Crippen molar-refractivity contribution in [1.29, 1.82) is 0 Å². The minimum Gasteiger partial charge on any atom is -0.497 e. The van der Waals surface area contributed by atoms with Crippen LogP contribution >= 0.6 is 0 Å². The zero-order chi connectivity index (χ0) is 16.2. The number of likely N-dealkylation sites (tertiary alicyclic amines) is 1. The molecule has 0 spiro atoms. The van der Waals surface area contributed by atoms with E-state index in [1.165, 1.54) is 0 Å². The molecule has 3 aliphatic heterocycles. The van der Waals surface area contributed by atoms with Crippen LogP contribution < -0.4 is 0 Å². The molecule has 2 saturated heterocycles. The van der Waals surface area contributed by atoms with Crippen LogP contribution in [-0.4, -0.2) is 66.7 Å². The Balaban J connectivity index is 1.44. The van der Waals surface area contributed by atoms with Crippen LogP contribution in [0.1, 0.15) is 39.5 Å². The van der Waals surface area contributed by atoms with E-state index in [4.69, 9.17) is 9.47 Å². The molecule has 0 saturated carbocycles. The standard InChI is InChI=1S/C18H30N2O3/c1-14-11-20(12-15(2)23-14)18(21)16-6-8-19(9-7-16)13-17-5-3-4-10-22-17/h4,10,14-17H,3,5-9,11-13H2,1-2H3. The van der Waals surface area contributed by atoms with Crippen LogP contribution in [0.5, 0.6) is 0 Å². The molecule has 0 aromatic heterocycles. The van der Waals surface area contributed by atoms with Gasteiger partial charge in [-0.3, -0.25) is 9.69 Å². The third kappa shape index (κ3) is 4.48. The van der Waals surface area contributed by atoms with Gasteiger partial charge in [-0.05, 0) is 58.7 Å². The van der Waals surface area contributed by atoms with E-state index in [1.54, 1.807) is 0 Å². The zero-order valence-electron chi connectivity index (χ0n) is 14.4. The van der Waals surface area contributed by atoms with Crippen molar-refractivity contribution in [2.24, 2.45) is 5.92 Å². The van der Waals surface area contributed by atoms with E-state index >= 15 is 0 Å². The summed E-state index contributed by atoms with van der Waals surface area (Å²) in [6, 6.07) is 0. The van der Waals surface area contributed by atoms with Crippen molar-refractivity contribution < 1.29 is 14.3 Å². The fraction of sp³-hybridized carbons (Fsp3) is 0.833. The summed E-state index contributed by atoms with van der Waals surface area (Å²) >= 11 is 0. The first-order chi connectivity index (χ1) is 11.1. The second-order valence-corrected chi connectivity index (χ2v) is 7.28. The predicted molar refractivity (Wildman–Crippen MR) is 89.0 cm³/mol. The van der Waals surface area contributed by atoms with E-state index in [0.29, 0.717) is 12.0 Å². The summed E-state index contributed by atoms with van der Waals surface area (Å²) in [5.41, 5.74) is 0. The third-order valence-corrected chi connectivity index (χ3v) is 5.15. The normalized spacial score (nSPS) is 33.5. The quantitative estimate of drug-likeness (QED) is 0.797. The van der Waals surface area contributed by atoms with Gasteiger partial charge in [-0.2, -0.15) is 0 Å². The molecule has 0 aliphatic carbocycles. The number of ether oxygens (including phenoxy) is 2. The van der Waals surface area contributed by atoms with Gasteiger partial charge in [0.2, 0.25) is 5.91 Å². The van der Waals surface area contributed by atoms with Gasteiger partial charge in [0.25, 0.3) is 0 Å². The molecule has 5 nitrogen and oxygen atoms in total. The number of carbonyl (C=O) groups is 1. The molecule has 5 heteroatoms. The largest absolute Gasteiger partial charge is 0.497 e. The summed E-state index contributed by atoms with van der Waals surface area (Å²) in [5, 5.41) is 0. The topological polar surface area (TPSA) is 42.0 Å². The third-order valence-electron chi connectivity index (χ3n) is 5.15. The summed E-state index contributed by atoms with van der Waals surface area (Å²) in [6.45, 7) is 8.60. The number of morpholine rings is 1. The van der Waals surface area contributed by atoms with E-state index in [1.807, 2.05) is 11.2 Å². The lowest BCUT2D eigenvalue weighted by molar-refractivity contribution is -0.149. The molecule has 3 aliphatic rings. The minimum absolute atomic E-state index is 0.152. The van der Waals surface area contributed by atoms with Crippen molar-refractivity contribution in [2.45, 2.75) is 57.8 Å². The first-order valence-electron chi connectivity index (χ1n) is 9.09. The highest BCUT2D eigenvalue weighted by Crippen LogP contribution is 2.23. The number of hydrogen-bond acceptors (Lipinski definition) is 4. The number of carbonyl (C=O) groups excluding carboxylic acids is 1. The van der Waals surface area contributed by atoms with Gasteiger partial charge in [0.15, 0.2) is 0 Å². The molecule has 0 radical (unpaired) electrons. The summed E-state index contributed by atoms with van der Waals surface area (Å²) in [4.78, 5) is 17.2. The highest BCUT2D eigenvalue weighted by Gasteiger charge is 2.33. The van der Waals surface area contributed by atoms with Crippen LogP contribution in [0.25, 0.3) is 0 Å². The molecule has 0 aromatic carbocycles. The Morgan fingerprint density at radius 2 is 1.83 bits per heavy atom. The smallest absolute Gasteiger partial charge is 0.225 e. The van der Waals surface area contributed by atoms with Gasteiger partial charge in [-0.25, -0.2) is 0 Å². The fourth-order valence-electron chi connectivity index (χ4n) is 3.99. The van der Waals surface area contributed by atoms with E-state index < -0.39 is 0 Å². The molecule has 23 heavy (non-hydrogen) atoms. The van der Waals surface area contributed by atoms with Crippen LogP contribution in [0.4, 0.5) is 0 Å². The average molecular weight is 322 g/mol. The minimum atomic E-state index is 0.152. The van der Waals surface area contributed by atoms with Gasteiger partial charge >= 0.3 is 0 Å². The molecule has 0 bridgehead atoms. The van der Waals surface area contributed by atoms with Crippen LogP contribution in [0.2, 0.25) is 0 Å². The summed E-state index contributed by atoms with van der Waals surface area (Å²) in [7, 11) is 0. The van der Waals surface area contributed by atoms with Crippen molar-refractivity contribution in [3.8, 4) is 0 Å². The molecule has 3 unspecified atom stereocenters. The Hall–Kier alpha value is -1.07. The molecule has 2 fully saturated rings. The van der Waals surface area contributed by atoms with Crippen molar-refractivity contribution in [3.05, 3.63) is 12.3 Å². The van der Waals surface area contributed by atoms with Crippen molar-refractivity contribution in [2.75, 3.05) is 32.7 Å². The Morgan fingerprint density at radius 1 is 1.13 bits per heavy atom. The van der Waals surface area contributed by atoms with Crippen LogP contribution in [-0.2, 0) is 14.3 Å². The van der Waals surface area contributed by atoms with Crippen LogP contribution in [0, 0.1) is 5.92 Å². The van der Waals surface area contributed by atoms with Crippen molar-refractivity contribution in [1.82, 2.24) is 9.80 Å². The SMILES string of the molecule is CC1CN(C(=O)C2CCN(CC3CCC=CO3)CC2)CC(C)O1. The van der Waals surface area contributed by atoms with Crippen molar-refractivity contribution >= 4 is 5.91 Å². The van der Waals surface area contributed by atoms with Gasteiger partial charge in [0.1, 0.15) is 6.10 Å². The lowest BCUT2D eigenvalue weighted by Crippen LogP contribution is -2.51. The van der Waals surface area contributed by atoms with Crippen molar-refractivity contribution in [3.63, 3.8) is 0 Å². The number of nitrogens with zero attached hydrogens (tertiary/aromatic N) is 2. The second-order valence-electron chi connectivity index (χ2n) is 7.28. The highest BCUT2D eigenvalue weighted by molar-refractivity contribution is 5.79. The molecule has 1 amide bonds. The van der Waals surface area contributed by atoms with E-state index in [0.717, 1.165) is 58.4 Å². The maximum atomic E-state index is 12.8. The second kappa shape index (κ2) is 7.67. The van der Waals surface area contributed by atoms with Gasteiger partial charge in [-0.1, -0.05) is 0 Å². The fourth-order valence-corrected chi connectivity index (χ4v) is 3.99. The first-order valence-corrected chi connectivity index (χ1v) is 9.09. The maximum absolute atomic E-state index is 12.8. The van der Waals surface area contributed by atoms with Crippen LogP contribution in [0.3, 0.4) is 0 Å². The number of piperidine rings is 1. The van der Waals surface area contributed by atoms with Gasteiger partial charge in [0, 0.05) is 25.6 Å². The lowest BCUT2D eigenvalue weighted by Gasteiger charge is -2.39. The predicted octanol–water partition coefficient (Wildman–Crippen LogP) is 2.03. The summed E-state index contributed by atoms with van der Waals surface area (Å²) in [6.07, 6.45) is 8.73. The molecular weight excluding hydrogens is 292 g/mol. The molecule has 3 heterocycles. The Kier molecular flexibility index (Phi) is 5.59. The molecular formula is C18H30N2O3. The van der Waals surface area contributed by atoms with E-state index in [9.17, 15) is 4.79 Å². The number of rotatable bonds is 3. The van der Waals surface area contributed by atoms with Gasteiger partial charge < -0.3 is 14.4 Å². The molecule has 130 valence electrons. The Morgan fingerprint density at radius 3 is 2.43 bits per heavy atom. The zero-order valence-corrected chi connectivity index (χ0v) is 14.4. The Labute approximate surface area is 139 Å². The summed E-state index contributed by atoms with van der Waals surface area (Å²) < 4.78 is 11.4. The average Bonchev–Trinajstić information content (AvgIpc) is 2.55. The number of hydrogen-bond donors (Lipinski definition) is 0. The van der Waals surface area contributed by atoms with E-state index in [2.05, 4.69) is 24.8 Å². The van der Waals surface area contributed by atoms with Gasteiger partial charge in [0.05, 0.1) is 18.5 Å². The first kappa shape index (κ1) is 16.8. The number of amides is 1. The highest BCUT2D eigenvalue weighted by atomic mass is 16.5. The molecule has 0 N–H and O–H groups in total. The molecule has 3 atom stereocenters.